The molecule has 0 bridgehead atoms. The molecule has 0 fully saturated rings. The molecule has 4 N–H and O–H groups in total. The minimum Gasteiger partial charge on any atom is -0.488 e. The number of likely N-dealkylation sites (N-methyl/N-ethyl adjacent to an activating group) is 2. The van der Waals surface area contributed by atoms with Gasteiger partial charge < -0.3 is 25.6 Å². The molecule has 19 nitrogen and oxygen atoms in total. The number of aromatic nitrogens is 6. The van der Waals surface area contributed by atoms with Gasteiger partial charge in [-0.15, -0.1) is 0 Å². The molecule has 4 aromatic heterocycles. The van der Waals surface area contributed by atoms with E-state index in [2.05, 4.69) is 25.5 Å². The smallest absolute Gasteiger partial charge is 0.359 e. The Hall–Kier alpha value is -8.56. The van der Waals surface area contributed by atoms with Gasteiger partial charge in [0.15, 0.2) is 40.5 Å². The number of carboxylic acid groups (broad SMARTS) is 1. The Morgan fingerprint density at radius 3 is 1.78 bits per heavy atom. The number of rotatable bonds is 7. The lowest BCUT2D eigenvalue weighted by Crippen LogP contribution is -2.49. The van der Waals surface area contributed by atoms with Gasteiger partial charge in [-0.1, -0.05) is 24.3 Å². The SMILES string of the molecule is CN1C(=O)C(N)COc2cccnc21.CN1C(=O)C(NC(=O)c2nn(Cc3cccc(C#N)c3)cc2F)COc2cccnc21.N#Cc1cccc(Cn2cc(F)c(C(=O)O)n2)c1. The van der Waals surface area contributed by atoms with Crippen LogP contribution in [0.3, 0.4) is 0 Å². The molecule has 3 amide bonds. The average Bonchev–Trinajstić information content (AvgIpc) is 3.80. The summed E-state index contributed by atoms with van der Waals surface area (Å²) in [5, 5.41) is 36.5. The van der Waals surface area contributed by atoms with Crippen molar-refractivity contribution in [2.24, 2.45) is 5.73 Å². The Labute approximate surface area is 357 Å². The molecule has 2 atom stereocenters. The van der Waals surface area contributed by atoms with Gasteiger partial charge in [0.1, 0.15) is 25.3 Å². The van der Waals surface area contributed by atoms with E-state index in [4.69, 9.17) is 30.8 Å². The average molecular weight is 859 g/mol. The van der Waals surface area contributed by atoms with Crippen LogP contribution in [-0.2, 0) is 22.7 Å². The third-order valence-corrected chi connectivity index (χ3v) is 9.20. The highest BCUT2D eigenvalue weighted by atomic mass is 19.1. The zero-order chi connectivity index (χ0) is 45.2. The number of hydrogen-bond donors (Lipinski definition) is 3. The Morgan fingerprint density at radius 2 is 1.27 bits per heavy atom. The number of anilines is 2. The lowest BCUT2D eigenvalue weighted by Gasteiger charge is -2.19. The van der Waals surface area contributed by atoms with E-state index in [0.29, 0.717) is 34.3 Å². The van der Waals surface area contributed by atoms with Gasteiger partial charge in [0.25, 0.3) is 11.8 Å². The predicted molar refractivity (Wildman–Crippen MR) is 217 cm³/mol. The molecule has 2 aliphatic rings. The van der Waals surface area contributed by atoms with Crippen LogP contribution in [0.5, 0.6) is 11.5 Å². The van der Waals surface area contributed by atoms with Gasteiger partial charge in [-0.25, -0.2) is 23.5 Å². The van der Waals surface area contributed by atoms with Crippen LogP contribution in [-0.4, -0.2) is 97.7 Å². The fourth-order valence-electron chi connectivity index (χ4n) is 6.12. The summed E-state index contributed by atoms with van der Waals surface area (Å²) in [5.41, 5.74) is 6.99. The first-order valence-corrected chi connectivity index (χ1v) is 18.7. The number of hydrogen-bond acceptors (Lipinski definition) is 13. The first-order valence-electron chi connectivity index (χ1n) is 18.7. The molecule has 2 aromatic carbocycles. The highest BCUT2D eigenvalue weighted by Crippen LogP contribution is 2.28. The Bertz CT molecular complexity index is 2760. The van der Waals surface area contributed by atoms with E-state index in [9.17, 15) is 28.0 Å². The first kappa shape index (κ1) is 44.0. The highest BCUT2D eigenvalue weighted by molar-refractivity contribution is 6.02. The van der Waals surface area contributed by atoms with Gasteiger partial charge in [0, 0.05) is 26.5 Å². The molecule has 21 heteroatoms. The molecule has 320 valence electrons. The number of amides is 3. The van der Waals surface area contributed by atoms with Gasteiger partial charge in [-0.3, -0.25) is 33.5 Å². The number of nitrogens with one attached hydrogen (secondary N) is 1. The molecular weight excluding hydrogens is 823 g/mol. The fourth-order valence-corrected chi connectivity index (χ4v) is 6.12. The summed E-state index contributed by atoms with van der Waals surface area (Å²) < 4.78 is 41.0. The second-order valence-electron chi connectivity index (χ2n) is 13.7. The van der Waals surface area contributed by atoms with Crippen LogP contribution >= 0.6 is 0 Å². The normalized spacial score (nSPS) is 15.2. The monoisotopic (exact) mass is 858 g/mol. The Kier molecular flexibility index (Phi) is 13.7. The zero-order valence-electron chi connectivity index (χ0n) is 33.4. The largest absolute Gasteiger partial charge is 0.488 e. The second-order valence-corrected chi connectivity index (χ2v) is 13.7. The topological polar surface area (TPSA) is 260 Å². The van der Waals surface area contributed by atoms with Crippen LogP contribution in [0.15, 0.2) is 97.6 Å². The fraction of sp³-hybridized carbons (Fsp3) is 0.190. The molecule has 6 aromatic rings. The molecule has 0 radical (unpaired) electrons. The molecule has 0 aliphatic carbocycles. The predicted octanol–water partition coefficient (Wildman–Crippen LogP) is 2.90. The number of carboxylic acids is 1. The van der Waals surface area contributed by atoms with Gasteiger partial charge >= 0.3 is 5.97 Å². The number of benzene rings is 2. The number of fused-ring (bicyclic) bond motifs is 2. The molecule has 0 saturated heterocycles. The van der Waals surface area contributed by atoms with Gasteiger partial charge in [-0.2, -0.15) is 20.7 Å². The molecule has 0 saturated carbocycles. The van der Waals surface area contributed by atoms with Crippen LogP contribution in [0.4, 0.5) is 20.4 Å². The molecule has 0 spiro atoms. The van der Waals surface area contributed by atoms with Gasteiger partial charge in [-0.05, 0) is 59.7 Å². The van der Waals surface area contributed by atoms with Crippen LogP contribution in [0.2, 0.25) is 0 Å². The number of halogens is 2. The zero-order valence-corrected chi connectivity index (χ0v) is 33.4. The van der Waals surface area contributed by atoms with Crippen molar-refractivity contribution in [2.45, 2.75) is 25.2 Å². The van der Waals surface area contributed by atoms with Crippen molar-refractivity contribution in [1.29, 1.82) is 10.5 Å². The molecule has 6 heterocycles. The van der Waals surface area contributed by atoms with Crippen molar-refractivity contribution in [1.82, 2.24) is 34.8 Å². The van der Waals surface area contributed by atoms with Crippen LogP contribution in [0, 0.1) is 34.3 Å². The van der Waals surface area contributed by atoms with Crippen molar-refractivity contribution < 1.29 is 42.5 Å². The first-order chi connectivity index (χ1) is 30.3. The van der Waals surface area contributed by atoms with Crippen molar-refractivity contribution in [2.75, 3.05) is 37.1 Å². The van der Waals surface area contributed by atoms with E-state index >= 15 is 0 Å². The standard InChI is InChI=1S/C21H17FN6O3.C12H8FN3O2.C9H11N3O2/c1-27-19-17(6-3-7-24-19)31-12-16(21(27)30)25-20(29)18-15(22)11-28(26-18)10-14-5-2-4-13(8-14)9-23;13-10-7-16(15-11(10)12(17)18)6-9-3-1-2-8(4-9)5-14;1-12-8-7(3-2-4-11-8)14-5-6(10)9(12)13/h2-8,11,16H,10,12H2,1H3,(H,25,29);1-4,7H,6H2,(H,17,18);2-4,6H,5,10H2,1H3. The van der Waals surface area contributed by atoms with E-state index < -0.39 is 52.9 Å². The van der Waals surface area contributed by atoms with Crippen molar-refractivity contribution in [3.05, 3.63) is 143 Å². The number of pyridine rings is 2. The minimum absolute atomic E-state index is 0.128. The van der Waals surface area contributed by atoms with Crippen LogP contribution in [0.25, 0.3) is 0 Å². The molecular formula is C42H36F2N12O7. The Morgan fingerprint density at radius 1 is 0.778 bits per heavy atom. The number of aromatic carboxylic acids is 1. The summed E-state index contributed by atoms with van der Waals surface area (Å²) in [4.78, 5) is 58.5. The summed E-state index contributed by atoms with van der Waals surface area (Å²) >= 11 is 0. The van der Waals surface area contributed by atoms with E-state index in [-0.39, 0.29) is 32.2 Å². The van der Waals surface area contributed by atoms with Crippen molar-refractivity contribution >= 4 is 35.3 Å². The number of carbonyl (C=O) groups excluding carboxylic acids is 3. The molecule has 2 aliphatic heterocycles. The quantitative estimate of drug-likeness (QED) is 0.209. The third-order valence-electron chi connectivity index (χ3n) is 9.20. The second kappa shape index (κ2) is 19.7. The number of ether oxygens (including phenoxy) is 2. The van der Waals surface area contributed by atoms with E-state index in [1.54, 1.807) is 86.0 Å². The molecule has 8 rings (SSSR count). The summed E-state index contributed by atoms with van der Waals surface area (Å²) in [6, 6.07) is 22.8. The summed E-state index contributed by atoms with van der Waals surface area (Å²) in [6.07, 6.45) is 5.25. The number of carbonyl (C=O) groups is 4. The highest BCUT2D eigenvalue weighted by Gasteiger charge is 2.33. The van der Waals surface area contributed by atoms with E-state index in [1.165, 1.54) is 32.4 Å². The minimum atomic E-state index is -1.41. The number of nitriles is 2. The van der Waals surface area contributed by atoms with E-state index in [1.807, 2.05) is 12.1 Å². The van der Waals surface area contributed by atoms with E-state index in [0.717, 1.165) is 23.5 Å². The maximum absolute atomic E-state index is 14.4. The summed E-state index contributed by atoms with van der Waals surface area (Å²) in [7, 11) is 3.16. The third kappa shape index (κ3) is 10.6. The molecule has 2 unspecified atom stereocenters. The molecule has 63 heavy (non-hydrogen) atoms. The Balaban J connectivity index is 0.000000174. The van der Waals surface area contributed by atoms with Crippen LogP contribution in [0.1, 0.15) is 43.2 Å². The maximum Gasteiger partial charge on any atom is 0.359 e. The van der Waals surface area contributed by atoms with Gasteiger partial charge in [0.2, 0.25) is 11.6 Å². The van der Waals surface area contributed by atoms with Crippen molar-refractivity contribution in [3.8, 4) is 23.6 Å². The number of nitrogens with zero attached hydrogens (tertiary/aromatic N) is 10. The lowest BCUT2D eigenvalue weighted by molar-refractivity contribution is -0.121. The summed E-state index contributed by atoms with van der Waals surface area (Å²) in [5.74, 6) is -2.71. The maximum atomic E-state index is 14.4. The lowest BCUT2D eigenvalue weighted by atomic mass is 10.1. The van der Waals surface area contributed by atoms with Gasteiger partial charge in [0.05, 0.1) is 48.7 Å². The summed E-state index contributed by atoms with van der Waals surface area (Å²) in [6.45, 7) is 0.452. The van der Waals surface area contributed by atoms with Crippen molar-refractivity contribution in [3.63, 3.8) is 0 Å². The van der Waals surface area contributed by atoms with Crippen LogP contribution < -0.4 is 30.3 Å². The number of nitrogens with two attached hydrogens (primary N) is 1.